The highest BCUT2D eigenvalue weighted by Gasteiger charge is 2.16. The van der Waals surface area contributed by atoms with Crippen LogP contribution in [0.5, 0.6) is 0 Å². The van der Waals surface area contributed by atoms with Crippen molar-refractivity contribution in [3.05, 3.63) is 33.8 Å². The number of rotatable bonds is 6. The summed E-state index contributed by atoms with van der Waals surface area (Å²) >= 11 is 3.39. The van der Waals surface area contributed by atoms with Crippen molar-refractivity contribution in [1.82, 2.24) is 5.43 Å². The number of unbranched alkanes of at least 4 members (excludes halogenated alkanes) is 2. The van der Waals surface area contributed by atoms with Crippen molar-refractivity contribution in [3.63, 3.8) is 0 Å². The van der Waals surface area contributed by atoms with E-state index in [2.05, 4.69) is 33.4 Å². The van der Waals surface area contributed by atoms with Crippen LogP contribution in [-0.4, -0.2) is 10.9 Å². The molecule has 6 N–H and O–H groups in total. The third-order valence-electron chi connectivity index (χ3n) is 2.98. The van der Waals surface area contributed by atoms with Gasteiger partial charge in [0.15, 0.2) is 5.84 Å². The summed E-state index contributed by atoms with van der Waals surface area (Å²) in [4.78, 5) is 0. The number of aliphatic hydroxyl groups excluding tert-OH is 1. The minimum atomic E-state index is -0.542. The van der Waals surface area contributed by atoms with Crippen molar-refractivity contribution >= 4 is 21.8 Å². The molecule has 6 heteroatoms. The Bertz CT molecular complexity index is 437. The van der Waals surface area contributed by atoms with E-state index in [0.717, 1.165) is 29.3 Å². The average molecular weight is 329 g/mol. The smallest absolute Gasteiger partial charge is 0.167 e. The van der Waals surface area contributed by atoms with Crippen molar-refractivity contribution in [3.8, 4) is 0 Å². The predicted octanol–water partition coefficient (Wildman–Crippen LogP) is 2.15. The Morgan fingerprint density at radius 1 is 1.47 bits per heavy atom. The van der Waals surface area contributed by atoms with Crippen molar-refractivity contribution in [2.45, 2.75) is 38.7 Å². The first kappa shape index (κ1) is 15.9. The lowest BCUT2D eigenvalue weighted by atomic mass is 9.97. The van der Waals surface area contributed by atoms with Crippen LogP contribution in [0.3, 0.4) is 0 Å². The molecule has 0 bridgehead atoms. The predicted molar refractivity (Wildman–Crippen MR) is 81.3 cm³/mol. The number of hydrazone groups is 1. The first-order valence-corrected chi connectivity index (χ1v) is 7.15. The van der Waals surface area contributed by atoms with Gasteiger partial charge in [-0.3, -0.25) is 0 Å². The van der Waals surface area contributed by atoms with Gasteiger partial charge in [-0.25, -0.2) is 5.84 Å². The lowest BCUT2D eigenvalue weighted by Crippen LogP contribution is -2.33. The van der Waals surface area contributed by atoms with Gasteiger partial charge in [0.1, 0.15) is 0 Å². The molecule has 0 aliphatic heterocycles. The zero-order chi connectivity index (χ0) is 14.3. The van der Waals surface area contributed by atoms with E-state index >= 15 is 0 Å². The zero-order valence-corrected chi connectivity index (χ0v) is 12.7. The molecule has 0 aliphatic rings. The minimum Gasteiger partial charge on any atom is -0.388 e. The molecule has 0 radical (unpaired) electrons. The molecule has 0 fully saturated rings. The van der Waals surface area contributed by atoms with Crippen molar-refractivity contribution in [1.29, 1.82) is 0 Å². The number of benzene rings is 1. The van der Waals surface area contributed by atoms with Gasteiger partial charge in [-0.1, -0.05) is 48.2 Å². The standard InChI is InChI=1S/C13H21BrN4O/c1-2-3-4-5-12(19)10-7-6-9(14)8-11(10)13(17-15)18-16/h6-8,12,19H,2-5,15-16H2,1H3,(H,17,18). The van der Waals surface area contributed by atoms with E-state index in [-0.39, 0.29) is 0 Å². The van der Waals surface area contributed by atoms with Crippen LogP contribution >= 0.6 is 15.9 Å². The topological polar surface area (TPSA) is 96.7 Å². The first-order valence-electron chi connectivity index (χ1n) is 6.36. The quantitative estimate of drug-likeness (QED) is 0.211. The number of nitrogens with zero attached hydrogens (tertiary/aromatic N) is 1. The Labute approximate surface area is 122 Å². The lowest BCUT2D eigenvalue weighted by Gasteiger charge is -2.16. The van der Waals surface area contributed by atoms with Crippen molar-refractivity contribution in [2.24, 2.45) is 16.8 Å². The number of hydrazine groups is 1. The Kier molecular flexibility index (Phi) is 6.83. The molecule has 0 aromatic heterocycles. The Hall–Kier alpha value is -1.11. The molecule has 19 heavy (non-hydrogen) atoms. The van der Waals surface area contributed by atoms with Crippen LogP contribution in [0.4, 0.5) is 0 Å². The molecule has 0 aliphatic carbocycles. The number of halogens is 1. The summed E-state index contributed by atoms with van der Waals surface area (Å²) in [5.41, 5.74) is 3.94. The zero-order valence-electron chi connectivity index (χ0n) is 11.1. The highest BCUT2D eigenvalue weighted by atomic mass is 79.9. The van der Waals surface area contributed by atoms with E-state index in [9.17, 15) is 5.11 Å². The highest BCUT2D eigenvalue weighted by Crippen LogP contribution is 2.26. The second kappa shape index (κ2) is 8.14. The molecule has 1 aromatic rings. The summed E-state index contributed by atoms with van der Waals surface area (Å²) in [6.45, 7) is 2.13. The van der Waals surface area contributed by atoms with Crippen LogP contribution in [0.25, 0.3) is 0 Å². The highest BCUT2D eigenvalue weighted by molar-refractivity contribution is 9.10. The maximum Gasteiger partial charge on any atom is 0.167 e. The molecular formula is C13H21BrN4O. The summed E-state index contributed by atoms with van der Waals surface area (Å²) in [7, 11) is 0. The van der Waals surface area contributed by atoms with E-state index in [1.165, 1.54) is 0 Å². The SMILES string of the molecule is CCCCCC(O)c1ccc(Br)cc1/C(=N/N)NN. The number of aliphatic hydroxyl groups is 1. The molecule has 5 nitrogen and oxygen atoms in total. The second-order valence-electron chi connectivity index (χ2n) is 4.37. The van der Waals surface area contributed by atoms with Gasteiger partial charge >= 0.3 is 0 Å². The van der Waals surface area contributed by atoms with E-state index < -0.39 is 6.10 Å². The van der Waals surface area contributed by atoms with Crippen LogP contribution in [0, 0.1) is 0 Å². The van der Waals surface area contributed by atoms with Gasteiger partial charge in [0, 0.05) is 10.0 Å². The molecule has 0 saturated carbocycles. The van der Waals surface area contributed by atoms with Crippen LogP contribution in [0.2, 0.25) is 0 Å². The lowest BCUT2D eigenvalue weighted by molar-refractivity contribution is 0.163. The number of amidine groups is 1. The molecule has 0 saturated heterocycles. The number of hydrogen-bond donors (Lipinski definition) is 4. The van der Waals surface area contributed by atoms with Gasteiger partial charge < -0.3 is 16.4 Å². The average Bonchev–Trinajstić information content (AvgIpc) is 2.40. The van der Waals surface area contributed by atoms with Gasteiger partial charge in [-0.15, -0.1) is 0 Å². The number of hydrogen-bond acceptors (Lipinski definition) is 4. The van der Waals surface area contributed by atoms with Gasteiger partial charge in [0.05, 0.1) is 6.10 Å². The Balaban J connectivity index is 2.99. The second-order valence-corrected chi connectivity index (χ2v) is 5.28. The maximum absolute atomic E-state index is 10.3. The number of nitrogens with one attached hydrogen (secondary N) is 1. The fourth-order valence-electron chi connectivity index (χ4n) is 1.95. The first-order chi connectivity index (χ1) is 9.13. The van der Waals surface area contributed by atoms with Crippen LogP contribution in [-0.2, 0) is 0 Å². The molecule has 0 spiro atoms. The molecule has 1 rings (SSSR count). The summed E-state index contributed by atoms with van der Waals surface area (Å²) in [6.07, 6.45) is 3.39. The molecule has 0 heterocycles. The minimum absolute atomic E-state index is 0.353. The van der Waals surface area contributed by atoms with E-state index in [1.54, 1.807) is 0 Å². The van der Waals surface area contributed by atoms with Gasteiger partial charge in [-0.05, 0) is 24.1 Å². The summed E-state index contributed by atoms with van der Waals surface area (Å²) < 4.78 is 0.878. The summed E-state index contributed by atoms with van der Waals surface area (Å²) in [6, 6.07) is 5.58. The monoisotopic (exact) mass is 328 g/mol. The van der Waals surface area contributed by atoms with E-state index in [0.29, 0.717) is 17.8 Å². The van der Waals surface area contributed by atoms with E-state index in [1.807, 2.05) is 18.2 Å². The van der Waals surface area contributed by atoms with Crippen LogP contribution < -0.4 is 17.1 Å². The summed E-state index contributed by atoms with van der Waals surface area (Å²) in [5, 5.41) is 13.9. The van der Waals surface area contributed by atoms with Gasteiger partial charge in [0.2, 0.25) is 0 Å². The summed E-state index contributed by atoms with van der Waals surface area (Å²) in [5.74, 6) is 11.1. The van der Waals surface area contributed by atoms with Crippen LogP contribution in [0.1, 0.15) is 49.8 Å². The molecule has 1 aromatic carbocycles. The third-order valence-corrected chi connectivity index (χ3v) is 3.47. The molecule has 0 amide bonds. The Morgan fingerprint density at radius 2 is 2.21 bits per heavy atom. The van der Waals surface area contributed by atoms with Gasteiger partial charge in [0.25, 0.3) is 0 Å². The molecule has 106 valence electrons. The van der Waals surface area contributed by atoms with Crippen LogP contribution in [0.15, 0.2) is 27.8 Å². The largest absolute Gasteiger partial charge is 0.388 e. The molecule has 1 atom stereocenters. The van der Waals surface area contributed by atoms with E-state index in [4.69, 9.17) is 11.7 Å². The molecular weight excluding hydrogens is 308 g/mol. The Morgan fingerprint density at radius 3 is 2.79 bits per heavy atom. The van der Waals surface area contributed by atoms with Crippen molar-refractivity contribution < 1.29 is 5.11 Å². The normalized spacial score (nSPS) is 13.4. The fraction of sp³-hybridized carbons (Fsp3) is 0.462. The molecule has 1 unspecified atom stereocenters. The van der Waals surface area contributed by atoms with Crippen molar-refractivity contribution in [2.75, 3.05) is 0 Å². The third kappa shape index (κ3) is 4.49. The maximum atomic E-state index is 10.3. The number of nitrogens with two attached hydrogens (primary N) is 2. The fourth-order valence-corrected chi connectivity index (χ4v) is 2.31. The van der Waals surface area contributed by atoms with Gasteiger partial charge in [-0.2, -0.15) is 5.10 Å².